The summed E-state index contributed by atoms with van der Waals surface area (Å²) < 4.78 is 0. The summed E-state index contributed by atoms with van der Waals surface area (Å²) in [4.78, 5) is 2.37. The van der Waals surface area contributed by atoms with Crippen LogP contribution in [0.4, 0.5) is 0 Å². The third-order valence-electron chi connectivity index (χ3n) is 3.79. The molecule has 0 spiro atoms. The van der Waals surface area contributed by atoms with Crippen LogP contribution in [0.3, 0.4) is 0 Å². The molecule has 90 valence electrons. The van der Waals surface area contributed by atoms with E-state index in [2.05, 4.69) is 18.7 Å². The predicted octanol–water partition coefficient (Wildman–Crippen LogP) is 0.955. The first-order chi connectivity index (χ1) is 7.00. The van der Waals surface area contributed by atoms with Gasteiger partial charge in [0.05, 0.1) is 13.2 Å². The molecule has 1 rings (SSSR count). The Morgan fingerprint density at radius 1 is 1.20 bits per heavy atom. The van der Waals surface area contributed by atoms with Crippen molar-refractivity contribution in [1.29, 1.82) is 0 Å². The predicted molar refractivity (Wildman–Crippen MR) is 61.7 cm³/mol. The largest absolute Gasteiger partial charge is 0.396 e. The normalized spacial score (nSPS) is 29.4. The fourth-order valence-electron chi connectivity index (χ4n) is 2.18. The SMILES string of the molecule is CC1CCN(CC(C)(CO)CO)CC1C. The molecule has 0 aromatic rings. The first-order valence-corrected chi connectivity index (χ1v) is 5.95. The first kappa shape index (κ1) is 12.9. The zero-order valence-corrected chi connectivity index (χ0v) is 10.2. The number of aliphatic hydroxyl groups excluding tert-OH is 2. The Morgan fingerprint density at radius 2 is 1.80 bits per heavy atom. The maximum atomic E-state index is 9.25. The van der Waals surface area contributed by atoms with E-state index in [0.717, 1.165) is 31.5 Å². The highest BCUT2D eigenvalue weighted by atomic mass is 16.3. The van der Waals surface area contributed by atoms with Crippen LogP contribution >= 0.6 is 0 Å². The van der Waals surface area contributed by atoms with Crippen LogP contribution in [0.5, 0.6) is 0 Å². The minimum absolute atomic E-state index is 0.0595. The van der Waals surface area contributed by atoms with Crippen molar-refractivity contribution in [2.24, 2.45) is 17.3 Å². The van der Waals surface area contributed by atoms with E-state index in [0.29, 0.717) is 0 Å². The Hall–Kier alpha value is -0.120. The van der Waals surface area contributed by atoms with E-state index in [-0.39, 0.29) is 18.6 Å². The minimum Gasteiger partial charge on any atom is -0.396 e. The average molecular weight is 215 g/mol. The van der Waals surface area contributed by atoms with Gasteiger partial charge in [0.1, 0.15) is 0 Å². The molecule has 0 aliphatic carbocycles. The standard InChI is InChI=1S/C12H25NO2/c1-10-4-5-13(6-11(10)2)7-12(3,8-14)9-15/h10-11,14-15H,4-9H2,1-3H3. The van der Waals surface area contributed by atoms with Gasteiger partial charge in [-0.1, -0.05) is 20.8 Å². The number of hydrogen-bond donors (Lipinski definition) is 2. The first-order valence-electron chi connectivity index (χ1n) is 5.95. The molecule has 0 aromatic carbocycles. The zero-order chi connectivity index (χ0) is 11.5. The molecule has 1 aliphatic rings. The van der Waals surface area contributed by atoms with Crippen LogP contribution in [0.25, 0.3) is 0 Å². The third-order valence-corrected chi connectivity index (χ3v) is 3.79. The average Bonchev–Trinajstić information content (AvgIpc) is 2.23. The molecule has 3 nitrogen and oxygen atoms in total. The Bertz CT molecular complexity index is 192. The minimum atomic E-state index is -0.347. The summed E-state index contributed by atoms with van der Waals surface area (Å²) in [5.41, 5.74) is -0.347. The molecule has 2 unspecified atom stereocenters. The summed E-state index contributed by atoms with van der Waals surface area (Å²) in [7, 11) is 0. The van der Waals surface area contributed by atoms with Gasteiger partial charge in [-0.05, 0) is 24.8 Å². The van der Waals surface area contributed by atoms with Gasteiger partial charge in [0.15, 0.2) is 0 Å². The molecule has 1 heterocycles. The molecule has 0 saturated carbocycles. The van der Waals surface area contributed by atoms with Gasteiger partial charge in [-0.3, -0.25) is 0 Å². The van der Waals surface area contributed by atoms with Crippen molar-refractivity contribution in [2.75, 3.05) is 32.8 Å². The highest BCUT2D eigenvalue weighted by Gasteiger charge is 2.29. The molecule has 1 fully saturated rings. The zero-order valence-electron chi connectivity index (χ0n) is 10.2. The van der Waals surface area contributed by atoms with Gasteiger partial charge in [0.2, 0.25) is 0 Å². The summed E-state index contributed by atoms with van der Waals surface area (Å²) in [5.74, 6) is 1.52. The molecule has 15 heavy (non-hydrogen) atoms. The Balaban J connectivity index is 2.45. The summed E-state index contributed by atoms with van der Waals surface area (Å²) >= 11 is 0. The third kappa shape index (κ3) is 3.44. The van der Waals surface area contributed by atoms with Crippen LogP contribution in [-0.4, -0.2) is 48.0 Å². The van der Waals surface area contributed by atoms with Crippen molar-refractivity contribution in [2.45, 2.75) is 27.2 Å². The lowest BCUT2D eigenvalue weighted by atomic mass is 9.86. The van der Waals surface area contributed by atoms with Crippen LogP contribution in [-0.2, 0) is 0 Å². The maximum absolute atomic E-state index is 9.25. The lowest BCUT2D eigenvalue weighted by molar-refractivity contribution is 0.0163. The molecule has 0 radical (unpaired) electrons. The van der Waals surface area contributed by atoms with Crippen molar-refractivity contribution in [3.63, 3.8) is 0 Å². The van der Waals surface area contributed by atoms with E-state index in [9.17, 15) is 10.2 Å². The van der Waals surface area contributed by atoms with Crippen molar-refractivity contribution in [3.8, 4) is 0 Å². The van der Waals surface area contributed by atoms with Crippen LogP contribution in [0.2, 0.25) is 0 Å². The van der Waals surface area contributed by atoms with Gasteiger partial charge >= 0.3 is 0 Å². The Kier molecular flexibility index (Phi) is 4.56. The van der Waals surface area contributed by atoms with E-state index in [4.69, 9.17) is 0 Å². The quantitative estimate of drug-likeness (QED) is 0.734. The van der Waals surface area contributed by atoms with Gasteiger partial charge in [-0.15, -0.1) is 0 Å². The summed E-state index contributed by atoms with van der Waals surface area (Å²) in [6, 6.07) is 0. The number of hydrogen-bond acceptors (Lipinski definition) is 3. The fourth-order valence-corrected chi connectivity index (χ4v) is 2.18. The molecular formula is C12H25NO2. The van der Waals surface area contributed by atoms with E-state index in [1.165, 1.54) is 6.42 Å². The second-order valence-electron chi connectivity index (χ2n) is 5.61. The monoisotopic (exact) mass is 215 g/mol. The van der Waals surface area contributed by atoms with E-state index in [1.54, 1.807) is 0 Å². The summed E-state index contributed by atoms with van der Waals surface area (Å²) in [5, 5.41) is 18.5. The number of piperidine rings is 1. The van der Waals surface area contributed by atoms with Gasteiger partial charge < -0.3 is 15.1 Å². The molecular weight excluding hydrogens is 190 g/mol. The van der Waals surface area contributed by atoms with Crippen molar-refractivity contribution in [1.82, 2.24) is 4.90 Å². The number of likely N-dealkylation sites (tertiary alicyclic amines) is 1. The van der Waals surface area contributed by atoms with Crippen molar-refractivity contribution >= 4 is 0 Å². The smallest absolute Gasteiger partial charge is 0.0519 e. The molecule has 1 saturated heterocycles. The molecule has 0 aromatic heterocycles. The van der Waals surface area contributed by atoms with Crippen molar-refractivity contribution < 1.29 is 10.2 Å². The Labute approximate surface area is 93.1 Å². The molecule has 0 bridgehead atoms. The summed E-state index contributed by atoms with van der Waals surface area (Å²) in [6.45, 7) is 9.64. The van der Waals surface area contributed by atoms with E-state index >= 15 is 0 Å². The van der Waals surface area contributed by atoms with E-state index in [1.807, 2.05) is 6.92 Å². The van der Waals surface area contributed by atoms with Crippen LogP contribution in [0.15, 0.2) is 0 Å². The highest BCUT2D eigenvalue weighted by Crippen LogP contribution is 2.25. The van der Waals surface area contributed by atoms with Gasteiger partial charge in [0, 0.05) is 18.5 Å². The van der Waals surface area contributed by atoms with Crippen LogP contribution in [0, 0.1) is 17.3 Å². The van der Waals surface area contributed by atoms with Gasteiger partial charge in [0.25, 0.3) is 0 Å². The summed E-state index contributed by atoms with van der Waals surface area (Å²) in [6.07, 6.45) is 1.23. The molecule has 1 aliphatic heterocycles. The van der Waals surface area contributed by atoms with Gasteiger partial charge in [-0.25, -0.2) is 0 Å². The lowest BCUT2D eigenvalue weighted by Gasteiger charge is -2.39. The lowest BCUT2D eigenvalue weighted by Crippen LogP contribution is -2.46. The molecule has 3 heteroatoms. The number of rotatable bonds is 4. The maximum Gasteiger partial charge on any atom is 0.0519 e. The van der Waals surface area contributed by atoms with Crippen molar-refractivity contribution in [3.05, 3.63) is 0 Å². The highest BCUT2D eigenvalue weighted by molar-refractivity contribution is 4.82. The van der Waals surface area contributed by atoms with E-state index < -0.39 is 0 Å². The fraction of sp³-hybridized carbons (Fsp3) is 1.00. The molecule has 0 amide bonds. The number of nitrogens with zero attached hydrogens (tertiary/aromatic N) is 1. The van der Waals surface area contributed by atoms with Crippen LogP contribution < -0.4 is 0 Å². The number of aliphatic hydroxyl groups is 2. The Morgan fingerprint density at radius 3 is 2.27 bits per heavy atom. The molecule has 2 atom stereocenters. The van der Waals surface area contributed by atoms with Gasteiger partial charge in [-0.2, -0.15) is 0 Å². The second-order valence-corrected chi connectivity index (χ2v) is 5.61. The second kappa shape index (κ2) is 5.28. The molecule has 2 N–H and O–H groups in total. The van der Waals surface area contributed by atoms with Crippen LogP contribution in [0.1, 0.15) is 27.2 Å². The topological polar surface area (TPSA) is 43.7 Å².